The van der Waals surface area contributed by atoms with E-state index in [-0.39, 0.29) is 18.0 Å². The molecule has 2 aromatic rings. The standard InChI is InChI=1S/C19H27N5O/c1-15-8-10-23(11-9-15)18(17-6-4-3-5-7-17)12-21-19(25)16(2)24-14-20-13-22-24/h3-7,13-16,18H,8-12H2,1-2H3,(H,21,25)/t16-,18+/m1/s1. The Bertz CT molecular complexity index is 650. The molecule has 0 bridgehead atoms. The van der Waals surface area contributed by atoms with Gasteiger partial charge in [0.15, 0.2) is 0 Å². The molecule has 1 fully saturated rings. The number of carbonyl (C=O) groups is 1. The van der Waals surface area contributed by atoms with Gasteiger partial charge in [-0.25, -0.2) is 9.67 Å². The highest BCUT2D eigenvalue weighted by Gasteiger charge is 2.26. The van der Waals surface area contributed by atoms with E-state index in [9.17, 15) is 4.79 Å². The Morgan fingerprint density at radius 1 is 1.28 bits per heavy atom. The molecule has 1 aromatic heterocycles. The molecule has 1 aliphatic heterocycles. The predicted octanol–water partition coefficient (Wildman–Crippen LogP) is 2.43. The van der Waals surface area contributed by atoms with Crippen LogP contribution in [0.25, 0.3) is 0 Å². The highest BCUT2D eigenvalue weighted by molar-refractivity contribution is 5.79. The maximum Gasteiger partial charge on any atom is 0.244 e. The maximum atomic E-state index is 12.5. The minimum atomic E-state index is -0.361. The summed E-state index contributed by atoms with van der Waals surface area (Å²) in [5, 5.41) is 7.16. The van der Waals surface area contributed by atoms with Gasteiger partial charge >= 0.3 is 0 Å². The van der Waals surface area contributed by atoms with Crippen molar-refractivity contribution in [2.24, 2.45) is 5.92 Å². The molecule has 0 radical (unpaired) electrons. The van der Waals surface area contributed by atoms with Crippen LogP contribution in [-0.4, -0.2) is 45.2 Å². The molecule has 0 saturated carbocycles. The first-order valence-corrected chi connectivity index (χ1v) is 9.06. The number of hydrogen-bond donors (Lipinski definition) is 1. The third kappa shape index (κ3) is 4.45. The van der Waals surface area contributed by atoms with Crippen molar-refractivity contribution >= 4 is 5.91 Å². The van der Waals surface area contributed by atoms with Crippen molar-refractivity contribution in [3.63, 3.8) is 0 Å². The Morgan fingerprint density at radius 2 is 2.00 bits per heavy atom. The summed E-state index contributed by atoms with van der Waals surface area (Å²) in [6, 6.07) is 10.3. The fourth-order valence-corrected chi connectivity index (χ4v) is 3.36. The second kappa shape index (κ2) is 8.25. The second-order valence-corrected chi connectivity index (χ2v) is 6.94. The van der Waals surface area contributed by atoms with Gasteiger partial charge in [-0.05, 0) is 44.3 Å². The lowest BCUT2D eigenvalue weighted by atomic mass is 9.95. The summed E-state index contributed by atoms with van der Waals surface area (Å²) in [5.74, 6) is 0.756. The number of likely N-dealkylation sites (tertiary alicyclic amines) is 1. The molecule has 1 amide bonds. The van der Waals surface area contributed by atoms with Crippen molar-refractivity contribution in [1.82, 2.24) is 25.0 Å². The van der Waals surface area contributed by atoms with Crippen LogP contribution >= 0.6 is 0 Å². The third-order valence-electron chi connectivity index (χ3n) is 5.13. The number of amides is 1. The van der Waals surface area contributed by atoms with Gasteiger partial charge in [-0.1, -0.05) is 37.3 Å². The van der Waals surface area contributed by atoms with Gasteiger partial charge in [0.05, 0.1) is 6.04 Å². The summed E-state index contributed by atoms with van der Waals surface area (Å²) >= 11 is 0. The van der Waals surface area contributed by atoms with Crippen molar-refractivity contribution in [3.05, 3.63) is 48.5 Å². The topological polar surface area (TPSA) is 63.1 Å². The lowest BCUT2D eigenvalue weighted by Gasteiger charge is -2.37. The average Bonchev–Trinajstić information content (AvgIpc) is 3.18. The van der Waals surface area contributed by atoms with Gasteiger partial charge < -0.3 is 5.32 Å². The third-order valence-corrected chi connectivity index (χ3v) is 5.13. The van der Waals surface area contributed by atoms with E-state index in [1.165, 1.54) is 24.7 Å². The van der Waals surface area contributed by atoms with E-state index in [2.05, 4.69) is 51.5 Å². The molecule has 134 valence electrons. The predicted molar refractivity (Wildman–Crippen MR) is 96.9 cm³/mol. The van der Waals surface area contributed by atoms with Crippen molar-refractivity contribution in [2.45, 2.75) is 38.8 Å². The van der Waals surface area contributed by atoms with Crippen molar-refractivity contribution in [2.75, 3.05) is 19.6 Å². The average molecular weight is 341 g/mol. The number of nitrogens with zero attached hydrogens (tertiary/aromatic N) is 4. The fourth-order valence-electron chi connectivity index (χ4n) is 3.36. The zero-order chi connectivity index (χ0) is 17.6. The molecule has 1 N–H and O–H groups in total. The first-order chi connectivity index (χ1) is 12.1. The minimum Gasteiger partial charge on any atom is -0.352 e. The Balaban J connectivity index is 1.66. The number of hydrogen-bond acceptors (Lipinski definition) is 4. The molecule has 25 heavy (non-hydrogen) atoms. The van der Waals surface area contributed by atoms with Crippen LogP contribution in [0, 0.1) is 5.92 Å². The molecule has 0 unspecified atom stereocenters. The Labute approximate surface area is 149 Å². The van der Waals surface area contributed by atoms with Gasteiger partial charge in [-0.15, -0.1) is 0 Å². The zero-order valence-corrected chi connectivity index (χ0v) is 15.0. The molecule has 6 heteroatoms. The smallest absolute Gasteiger partial charge is 0.244 e. The van der Waals surface area contributed by atoms with Crippen LogP contribution in [0.2, 0.25) is 0 Å². The summed E-state index contributed by atoms with van der Waals surface area (Å²) in [4.78, 5) is 18.9. The normalized spacial score (nSPS) is 18.6. The highest BCUT2D eigenvalue weighted by atomic mass is 16.2. The Morgan fingerprint density at radius 3 is 2.64 bits per heavy atom. The van der Waals surface area contributed by atoms with E-state index in [4.69, 9.17) is 0 Å². The Kier molecular flexibility index (Phi) is 5.81. The van der Waals surface area contributed by atoms with E-state index in [1.807, 2.05) is 13.0 Å². The largest absolute Gasteiger partial charge is 0.352 e. The molecule has 2 atom stereocenters. The molecule has 1 saturated heterocycles. The number of nitrogens with one attached hydrogen (secondary N) is 1. The second-order valence-electron chi connectivity index (χ2n) is 6.94. The minimum absolute atomic E-state index is 0.0307. The zero-order valence-electron chi connectivity index (χ0n) is 15.0. The number of carbonyl (C=O) groups excluding carboxylic acids is 1. The summed E-state index contributed by atoms with van der Waals surface area (Å²) in [6.45, 7) is 6.92. The van der Waals surface area contributed by atoms with Gasteiger partial charge in [0, 0.05) is 6.54 Å². The first kappa shape index (κ1) is 17.6. The van der Waals surface area contributed by atoms with Gasteiger partial charge in [-0.2, -0.15) is 5.10 Å². The lowest BCUT2D eigenvalue weighted by molar-refractivity contribution is -0.124. The summed E-state index contributed by atoms with van der Waals surface area (Å²) in [5.41, 5.74) is 1.26. The molecular weight excluding hydrogens is 314 g/mol. The SMILES string of the molecule is CC1CCN([C@@H](CNC(=O)[C@@H](C)n2cncn2)c2ccccc2)CC1. The molecule has 0 spiro atoms. The van der Waals surface area contributed by atoms with Gasteiger partial charge in [0.2, 0.25) is 5.91 Å². The van der Waals surface area contributed by atoms with Gasteiger partial charge in [0.1, 0.15) is 18.7 Å². The Hall–Kier alpha value is -2.21. The van der Waals surface area contributed by atoms with Crippen molar-refractivity contribution in [1.29, 1.82) is 0 Å². The van der Waals surface area contributed by atoms with Crippen LogP contribution in [0.15, 0.2) is 43.0 Å². The molecule has 6 nitrogen and oxygen atoms in total. The number of benzene rings is 1. The van der Waals surface area contributed by atoms with Crippen LogP contribution in [0.4, 0.5) is 0 Å². The maximum absolute atomic E-state index is 12.5. The molecular formula is C19H27N5O. The summed E-state index contributed by atoms with van der Waals surface area (Å²) in [6.07, 6.45) is 5.45. The van der Waals surface area contributed by atoms with Crippen molar-refractivity contribution in [3.8, 4) is 0 Å². The first-order valence-electron chi connectivity index (χ1n) is 9.06. The van der Waals surface area contributed by atoms with Gasteiger partial charge in [0.25, 0.3) is 0 Å². The van der Waals surface area contributed by atoms with E-state index < -0.39 is 0 Å². The molecule has 1 aromatic carbocycles. The highest BCUT2D eigenvalue weighted by Crippen LogP contribution is 2.26. The fraction of sp³-hybridized carbons (Fsp3) is 0.526. The number of piperidine rings is 1. The molecule has 3 rings (SSSR count). The van der Waals surface area contributed by atoms with Crippen LogP contribution in [0.5, 0.6) is 0 Å². The molecule has 1 aliphatic rings. The molecule has 0 aliphatic carbocycles. The van der Waals surface area contributed by atoms with E-state index >= 15 is 0 Å². The summed E-state index contributed by atoms with van der Waals surface area (Å²) in [7, 11) is 0. The monoisotopic (exact) mass is 341 g/mol. The number of rotatable bonds is 6. The van der Waals surface area contributed by atoms with Crippen LogP contribution < -0.4 is 5.32 Å². The lowest BCUT2D eigenvalue weighted by Crippen LogP contribution is -2.43. The quantitative estimate of drug-likeness (QED) is 0.876. The van der Waals surface area contributed by atoms with E-state index in [1.54, 1.807) is 11.0 Å². The summed E-state index contributed by atoms with van der Waals surface area (Å²) < 4.78 is 1.58. The van der Waals surface area contributed by atoms with E-state index in [0.717, 1.165) is 19.0 Å². The van der Waals surface area contributed by atoms with Crippen LogP contribution in [-0.2, 0) is 4.79 Å². The van der Waals surface area contributed by atoms with Gasteiger partial charge in [-0.3, -0.25) is 9.69 Å². The number of aromatic nitrogens is 3. The van der Waals surface area contributed by atoms with E-state index in [0.29, 0.717) is 6.54 Å². The van der Waals surface area contributed by atoms with Crippen molar-refractivity contribution < 1.29 is 4.79 Å². The van der Waals surface area contributed by atoms with Crippen LogP contribution in [0.1, 0.15) is 44.3 Å². The molecule has 2 heterocycles. The van der Waals surface area contributed by atoms with Crippen LogP contribution in [0.3, 0.4) is 0 Å².